The first-order valence-corrected chi connectivity index (χ1v) is 6.93. The highest BCUT2D eigenvalue weighted by Crippen LogP contribution is 2.28. The monoisotopic (exact) mass is 320 g/mol. The van der Waals surface area contributed by atoms with Crippen LogP contribution < -0.4 is 10.5 Å². The van der Waals surface area contributed by atoms with Gasteiger partial charge in [0.1, 0.15) is 5.75 Å². The van der Waals surface area contributed by atoms with Crippen LogP contribution in [0.3, 0.4) is 0 Å². The lowest BCUT2D eigenvalue weighted by atomic mass is 10.1. The van der Waals surface area contributed by atoms with Crippen molar-refractivity contribution in [1.29, 1.82) is 0 Å². The fraction of sp³-hybridized carbons (Fsp3) is 0.267. The summed E-state index contributed by atoms with van der Waals surface area (Å²) >= 11 is 3.54. The van der Waals surface area contributed by atoms with Crippen LogP contribution in [0.2, 0.25) is 0 Å². The number of rotatable bonds is 3. The second-order valence-corrected chi connectivity index (χ2v) is 5.48. The Morgan fingerprint density at radius 3 is 2.32 bits per heavy atom. The number of halogens is 1. The highest BCUT2D eigenvalue weighted by molar-refractivity contribution is 9.10. The third-order valence-corrected chi connectivity index (χ3v) is 4.17. The third-order valence-electron chi connectivity index (χ3n) is 2.92. The minimum atomic E-state index is -0.0151. The van der Waals surface area contributed by atoms with Crippen molar-refractivity contribution in [3.05, 3.63) is 51.6 Å². The lowest BCUT2D eigenvalue weighted by Crippen LogP contribution is -2.05. The topological polar surface area (TPSA) is 48.1 Å². The molecule has 1 atom stereocenters. The number of aryl methyl sites for hydroxylation is 2. The van der Waals surface area contributed by atoms with Crippen LogP contribution in [0.1, 0.15) is 29.7 Å². The van der Waals surface area contributed by atoms with E-state index in [1.807, 2.05) is 45.0 Å². The largest absolute Gasteiger partial charge is 0.439 e. The van der Waals surface area contributed by atoms with E-state index in [0.717, 1.165) is 26.9 Å². The van der Waals surface area contributed by atoms with Gasteiger partial charge >= 0.3 is 0 Å². The Hall–Kier alpha value is -1.39. The molecule has 4 heteroatoms. The van der Waals surface area contributed by atoms with Crippen LogP contribution in [0.5, 0.6) is 11.6 Å². The zero-order valence-electron chi connectivity index (χ0n) is 11.3. The van der Waals surface area contributed by atoms with E-state index in [9.17, 15) is 0 Å². The highest BCUT2D eigenvalue weighted by atomic mass is 79.9. The van der Waals surface area contributed by atoms with Gasteiger partial charge in [-0.3, -0.25) is 0 Å². The number of benzene rings is 1. The Balaban J connectivity index is 2.21. The zero-order valence-corrected chi connectivity index (χ0v) is 12.9. The first-order chi connectivity index (χ1) is 8.97. The smallest absolute Gasteiger partial charge is 0.219 e. The van der Waals surface area contributed by atoms with E-state index in [1.54, 1.807) is 6.20 Å². The highest BCUT2D eigenvalue weighted by Gasteiger charge is 2.06. The normalized spacial score (nSPS) is 12.3. The predicted octanol–water partition coefficient (Wildman–Crippen LogP) is 4.27. The maximum absolute atomic E-state index is 5.79. The van der Waals surface area contributed by atoms with Crippen molar-refractivity contribution in [3.63, 3.8) is 0 Å². The molecule has 1 heterocycles. The Labute approximate surface area is 121 Å². The SMILES string of the molecule is Cc1cc(Oc2ccc([C@@H](C)N)cn2)cc(C)c1Br. The Morgan fingerprint density at radius 2 is 1.84 bits per heavy atom. The van der Waals surface area contributed by atoms with Gasteiger partial charge in [-0.1, -0.05) is 22.0 Å². The lowest BCUT2D eigenvalue weighted by Gasteiger charge is -2.10. The van der Waals surface area contributed by atoms with Crippen LogP contribution in [-0.2, 0) is 0 Å². The van der Waals surface area contributed by atoms with Crippen LogP contribution >= 0.6 is 15.9 Å². The molecule has 0 saturated carbocycles. The molecule has 2 aromatic rings. The molecule has 0 amide bonds. The van der Waals surface area contributed by atoms with Crippen LogP contribution in [0.15, 0.2) is 34.9 Å². The molecule has 1 aromatic heterocycles. The Morgan fingerprint density at radius 1 is 1.21 bits per heavy atom. The van der Waals surface area contributed by atoms with Gasteiger partial charge in [-0.2, -0.15) is 0 Å². The van der Waals surface area contributed by atoms with Gasteiger partial charge in [0.2, 0.25) is 5.88 Å². The number of nitrogens with two attached hydrogens (primary N) is 1. The average molecular weight is 321 g/mol. The second-order valence-electron chi connectivity index (χ2n) is 4.69. The van der Waals surface area contributed by atoms with E-state index in [0.29, 0.717) is 5.88 Å². The van der Waals surface area contributed by atoms with E-state index in [2.05, 4.69) is 20.9 Å². The molecule has 0 aliphatic heterocycles. The van der Waals surface area contributed by atoms with E-state index in [1.165, 1.54) is 0 Å². The van der Waals surface area contributed by atoms with Crippen molar-refractivity contribution in [2.24, 2.45) is 5.73 Å². The van der Waals surface area contributed by atoms with E-state index in [4.69, 9.17) is 10.5 Å². The van der Waals surface area contributed by atoms with Crippen molar-refractivity contribution >= 4 is 15.9 Å². The molecule has 1 aromatic carbocycles. The summed E-state index contributed by atoms with van der Waals surface area (Å²) < 4.78 is 6.87. The maximum atomic E-state index is 5.79. The third kappa shape index (κ3) is 3.33. The zero-order chi connectivity index (χ0) is 14.0. The molecule has 0 fully saturated rings. The van der Waals surface area contributed by atoms with Gasteiger partial charge in [0.15, 0.2) is 0 Å². The molecular weight excluding hydrogens is 304 g/mol. The van der Waals surface area contributed by atoms with Gasteiger partial charge in [-0.05, 0) is 49.6 Å². The first kappa shape index (κ1) is 14.0. The van der Waals surface area contributed by atoms with E-state index < -0.39 is 0 Å². The molecule has 0 spiro atoms. The fourth-order valence-electron chi connectivity index (χ4n) is 1.81. The number of hydrogen-bond donors (Lipinski definition) is 1. The lowest BCUT2D eigenvalue weighted by molar-refractivity contribution is 0.461. The maximum Gasteiger partial charge on any atom is 0.219 e. The van der Waals surface area contributed by atoms with Crippen LogP contribution in [-0.4, -0.2) is 4.98 Å². The van der Waals surface area contributed by atoms with Gasteiger partial charge in [0.25, 0.3) is 0 Å². The standard InChI is InChI=1S/C15H17BrN2O/c1-9-6-13(7-10(2)15(9)16)19-14-5-4-12(8-18-14)11(3)17/h4-8,11H,17H2,1-3H3/t11-/m1/s1. The summed E-state index contributed by atoms with van der Waals surface area (Å²) in [5.74, 6) is 1.37. The molecule has 2 N–H and O–H groups in total. The summed E-state index contributed by atoms with van der Waals surface area (Å²) in [5, 5.41) is 0. The minimum Gasteiger partial charge on any atom is -0.439 e. The van der Waals surface area contributed by atoms with Crippen molar-refractivity contribution < 1.29 is 4.74 Å². The fourth-order valence-corrected chi connectivity index (χ4v) is 2.04. The summed E-state index contributed by atoms with van der Waals surface area (Å²) in [6.45, 7) is 6.01. The van der Waals surface area contributed by atoms with Gasteiger partial charge in [-0.15, -0.1) is 0 Å². The van der Waals surface area contributed by atoms with Gasteiger partial charge < -0.3 is 10.5 Å². The van der Waals surface area contributed by atoms with E-state index >= 15 is 0 Å². The summed E-state index contributed by atoms with van der Waals surface area (Å²) in [7, 11) is 0. The van der Waals surface area contributed by atoms with Gasteiger partial charge in [0.05, 0.1) is 0 Å². The summed E-state index contributed by atoms with van der Waals surface area (Å²) in [4.78, 5) is 4.26. The minimum absolute atomic E-state index is 0.0151. The average Bonchev–Trinajstić information content (AvgIpc) is 2.36. The van der Waals surface area contributed by atoms with Crippen molar-refractivity contribution in [1.82, 2.24) is 4.98 Å². The molecule has 0 bridgehead atoms. The van der Waals surface area contributed by atoms with Crippen molar-refractivity contribution in [2.45, 2.75) is 26.8 Å². The molecule has 2 rings (SSSR count). The Bertz CT molecular complexity index is 556. The first-order valence-electron chi connectivity index (χ1n) is 6.13. The Kier molecular flexibility index (Phi) is 4.22. The molecule has 0 saturated heterocycles. The van der Waals surface area contributed by atoms with Crippen LogP contribution in [0.4, 0.5) is 0 Å². The summed E-state index contributed by atoms with van der Waals surface area (Å²) in [6.07, 6.45) is 1.75. The van der Waals surface area contributed by atoms with E-state index in [-0.39, 0.29) is 6.04 Å². The summed E-state index contributed by atoms with van der Waals surface area (Å²) in [6, 6.07) is 7.73. The molecule has 0 aliphatic rings. The molecular formula is C15H17BrN2O. The molecule has 0 radical (unpaired) electrons. The quantitative estimate of drug-likeness (QED) is 0.918. The van der Waals surface area contributed by atoms with Crippen LogP contribution in [0, 0.1) is 13.8 Å². The van der Waals surface area contributed by atoms with Crippen molar-refractivity contribution in [2.75, 3.05) is 0 Å². The molecule has 0 aliphatic carbocycles. The molecule has 100 valence electrons. The number of pyridine rings is 1. The van der Waals surface area contributed by atoms with Crippen LogP contribution in [0.25, 0.3) is 0 Å². The molecule has 3 nitrogen and oxygen atoms in total. The predicted molar refractivity (Wildman–Crippen MR) is 80.5 cm³/mol. The van der Waals surface area contributed by atoms with Gasteiger partial charge in [-0.25, -0.2) is 4.98 Å². The molecule has 0 unspecified atom stereocenters. The number of nitrogens with zero attached hydrogens (tertiary/aromatic N) is 1. The second kappa shape index (κ2) is 5.72. The summed E-state index contributed by atoms with van der Waals surface area (Å²) in [5.41, 5.74) is 9.06. The van der Waals surface area contributed by atoms with Gasteiger partial charge in [0, 0.05) is 22.8 Å². The number of ether oxygens (including phenoxy) is 1. The molecule has 19 heavy (non-hydrogen) atoms. The number of hydrogen-bond acceptors (Lipinski definition) is 3. The van der Waals surface area contributed by atoms with Crippen molar-refractivity contribution in [3.8, 4) is 11.6 Å². The number of aromatic nitrogens is 1.